The molecule has 0 unspecified atom stereocenters. The number of carbonyl (C=O) groups is 1. The first-order valence-corrected chi connectivity index (χ1v) is 10.8. The average Bonchev–Trinajstić information content (AvgIpc) is 3.28. The van der Waals surface area contributed by atoms with Gasteiger partial charge in [0.05, 0.1) is 10.6 Å². The molecule has 0 spiro atoms. The molecule has 148 valence electrons. The first kappa shape index (κ1) is 19.2. The number of ether oxygens (including phenoxy) is 1. The van der Waals surface area contributed by atoms with Gasteiger partial charge in [-0.25, -0.2) is 17.8 Å². The van der Waals surface area contributed by atoms with Crippen molar-refractivity contribution >= 4 is 33.2 Å². The molecule has 0 saturated carbocycles. The predicted molar refractivity (Wildman–Crippen MR) is 105 cm³/mol. The first-order valence-electron chi connectivity index (χ1n) is 8.45. The van der Waals surface area contributed by atoms with Crippen LogP contribution in [0.15, 0.2) is 63.8 Å². The number of amidine groups is 1. The molecule has 1 N–H and O–H groups in total. The van der Waals surface area contributed by atoms with E-state index in [0.717, 1.165) is 5.56 Å². The SMILES string of the molecule is O=C(CN=C1NS(=O)(=O)c2ccccc21)OCc1csc(-c2ccc(F)cc2)n1. The number of hydrogen-bond donors (Lipinski definition) is 1. The quantitative estimate of drug-likeness (QED) is 0.627. The van der Waals surface area contributed by atoms with Gasteiger partial charge in [-0.3, -0.25) is 14.5 Å². The normalized spacial score (nSPS) is 15.7. The lowest BCUT2D eigenvalue weighted by atomic mass is 10.2. The van der Waals surface area contributed by atoms with Crippen molar-refractivity contribution in [3.63, 3.8) is 0 Å². The van der Waals surface area contributed by atoms with E-state index in [4.69, 9.17) is 4.74 Å². The Morgan fingerprint density at radius 2 is 1.93 bits per heavy atom. The number of sulfonamides is 1. The lowest BCUT2D eigenvalue weighted by molar-refractivity contribution is -0.143. The number of thiazole rings is 1. The molecule has 2 heterocycles. The number of nitrogens with zero attached hydrogens (tertiary/aromatic N) is 2. The Hall–Kier alpha value is -3.11. The maximum absolute atomic E-state index is 13.0. The van der Waals surface area contributed by atoms with Gasteiger partial charge >= 0.3 is 5.97 Å². The van der Waals surface area contributed by atoms with Crippen LogP contribution in [0.3, 0.4) is 0 Å². The van der Waals surface area contributed by atoms with Crippen LogP contribution in [0.5, 0.6) is 0 Å². The zero-order valence-corrected chi connectivity index (χ0v) is 16.5. The van der Waals surface area contributed by atoms with Crippen LogP contribution in [-0.2, 0) is 26.2 Å². The molecule has 0 saturated heterocycles. The molecule has 0 bridgehead atoms. The van der Waals surface area contributed by atoms with Gasteiger partial charge in [-0.05, 0) is 36.4 Å². The molecular formula is C19H14FN3O4S2. The minimum atomic E-state index is -3.65. The second-order valence-corrected chi connectivity index (χ2v) is 8.59. The standard InChI is InChI=1S/C19H14FN3O4S2/c20-13-7-5-12(6-8-13)19-22-14(11-28-19)10-27-17(24)9-21-18-15-3-1-2-4-16(15)29(25,26)23-18/h1-8,11H,9-10H2,(H,21,23). The first-order chi connectivity index (χ1) is 13.9. The van der Waals surface area contributed by atoms with Crippen LogP contribution < -0.4 is 4.72 Å². The summed E-state index contributed by atoms with van der Waals surface area (Å²) in [5.41, 5.74) is 1.75. The molecule has 0 aliphatic carbocycles. The molecule has 7 nitrogen and oxygen atoms in total. The van der Waals surface area contributed by atoms with Gasteiger partial charge in [-0.15, -0.1) is 11.3 Å². The number of fused-ring (bicyclic) bond motifs is 1. The highest BCUT2D eigenvalue weighted by molar-refractivity contribution is 7.90. The van der Waals surface area contributed by atoms with Gasteiger partial charge in [0, 0.05) is 16.5 Å². The van der Waals surface area contributed by atoms with Crippen LogP contribution >= 0.6 is 11.3 Å². The van der Waals surface area contributed by atoms with E-state index in [9.17, 15) is 17.6 Å². The van der Waals surface area contributed by atoms with Crippen molar-refractivity contribution in [2.75, 3.05) is 6.54 Å². The van der Waals surface area contributed by atoms with E-state index in [0.29, 0.717) is 16.3 Å². The Morgan fingerprint density at radius 3 is 2.72 bits per heavy atom. The molecular weight excluding hydrogens is 417 g/mol. The van der Waals surface area contributed by atoms with E-state index in [1.54, 1.807) is 35.7 Å². The fourth-order valence-corrected chi connectivity index (χ4v) is 4.75. The molecule has 4 rings (SSSR count). The van der Waals surface area contributed by atoms with Crippen LogP contribution in [0.25, 0.3) is 10.6 Å². The summed E-state index contributed by atoms with van der Waals surface area (Å²) in [6.07, 6.45) is 0. The fraction of sp³-hybridized carbons (Fsp3) is 0.105. The molecule has 0 atom stereocenters. The third kappa shape index (κ3) is 4.17. The van der Waals surface area contributed by atoms with E-state index in [1.165, 1.54) is 29.5 Å². The summed E-state index contributed by atoms with van der Waals surface area (Å²) >= 11 is 1.36. The Kier molecular flexibility index (Phi) is 5.12. The van der Waals surface area contributed by atoms with Crippen molar-refractivity contribution in [1.82, 2.24) is 9.71 Å². The molecule has 2 aromatic carbocycles. The van der Waals surface area contributed by atoms with E-state index in [-0.39, 0.29) is 29.7 Å². The van der Waals surface area contributed by atoms with E-state index in [1.807, 2.05) is 0 Å². The van der Waals surface area contributed by atoms with E-state index >= 15 is 0 Å². The summed E-state index contributed by atoms with van der Waals surface area (Å²) < 4.78 is 44.5. The van der Waals surface area contributed by atoms with Crippen LogP contribution in [0.4, 0.5) is 4.39 Å². The second kappa shape index (κ2) is 7.72. The highest BCUT2D eigenvalue weighted by Gasteiger charge is 2.30. The summed E-state index contributed by atoms with van der Waals surface area (Å²) in [5, 5.41) is 2.44. The maximum atomic E-state index is 13.0. The highest BCUT2D eigenvalue weighted by atomic mass is 32.2. The van der Waals surface area contributed by atoms with Gasteiger partial charge in [-0.2, -0.15) is 0 Å². The van der Waals surface area contributed by atoms with E-state index < -0.39 is 16.0 Å². The number of aromatic nitrogens is 1. The highest BCUT2D eigenvalue weighted by Crippen LogP contribution is 2.24. The lowest BCUT2D eigenvalue weighted by Gasteiger charge is -2.02. The maximum Gasteiger partial charge on any atom is 0.328 e. The van der Waals surface area contributed by atoms with Gasteiger partial charge < -0.3 is 4.74 Å². The number of halogens is 1. The summed E-state index contributed by atoms with van der Waals surface area (Å²) in [6.45, 7) is -0.370. The van der Waals surface area contributed by atoms with Crippen molar-refractivity contribution < 1.29 is 22.3 Å². The molecule has 0 amide bonds. The second-order valence-electron chi connectivity index (χ2n) is 6.08. The van der Waals surface area contributed by atoms with E-state index in [2.05, 4.69) is 14.7 Å². The summed E-state index contributed by atoms with van der Waals surface area (Å²) in [7, 11) is -3.65. The minimum Gasteiger partial charge on any atom is -0.458 e. The number of hydrogen-bond acceptors (Lipinski definition) is 7. The van der Waals surface area contributed by atoms with Crippen LogP contribution in [0.2, 0.25) is 0 Å². The van der Waals surface area contributed by atoms with Crippen LogP contribution in [0, 0.1) is 5.82 Å². The number of aliphatic imine (C=N–C) groups is 1. The molecule has 10 heteroatoms. The molecule has 3 aromatic rings. The zero-order valence-electron chi connectivity index (χ0n) is 14.8. The number of esters is 1. The Bertz CT molecular complexity index is 1200. The monoisotopic (exact) mass is 431 g/mol. The molecule has 0 fully saturated rings. The van der Waals surface area contributed by atoms with Gasteiger partial charge in [0.2, 0.25) is 0 Å². The molecule has 29 heavy (non-hydrogen) atoms. The van der Waals surface area contributed by atoms with Crippen molar-refractivity contribution in [2.45, 2.75) is 11.5 Å². The third-order valence-electron chi connectivity index (χ3n) is 4.05. The molecule has 1 aromatic heterocycles. The lowest BCUT2D eigenvalue weighted by Crippen LogP contribution is -2.23. The van der Waals surface area contributed by atoms with Crippen molar-refractivity contribution in [2.24, 2.45) is 4.99 Å². The minimum absolute atomic E-state index is 0.0380. The zero-order chi connectivity index (χ0) is 20.4. The fourth-order valence-electron chi connectivity index (χ4n) is 2.69. The number of nitrogens with one attached hydrogen (secondary N) is 1. The average molecular weight is 431 g/mol. The van der Waals surface area contributed by atoms with Gasteiger partial charge in [0.1, 0.15) is 29.8 Å². The topological polar surface area (TPSA) is 97.7 Å². The number of benzene rings is 2. The molecule has 0 radical (unpaired) electrons. The largest absolute Gasteiger partial charge is 0.458 e. The molecule has 1 aliphatic heterocycles. The molecule has 1 aliphatic rings. The summed E-state index contributed by atoms with van der Waals surface area (Å²) in [5.74, 6) is -0.824. The number of rotatable bonds is 5. The Labute approximate surface area is 170 Å². The summed E-state index contributed by atoms with van der Waals surface area (Å²) in [6, 6.07) is 12.3. The number of carbonyl (C=O) groups excluding carboxylic acids is 1. The smallest absolute Gasteiger partial charge is 0.328 e. The van der Waals surface area contributed by atoms with Gasteiger partial charge in [-0.1, -0.05) is 12.1 Å². The van der Waals surface area contributed by atoms with Crippen molar-refractivity contribution in [3.8, 4) is 10.6 Å². The summed E-state index contributed by atoms with van der Waals surface area (Å²) in [4.78, 5) is 20.5. The van der Waals surface area contributed by atoms with Crippen molar-refractivity contribution in [1.29, 1.82) is 0 Å². The Balaban J connectivity index is 1.37. The van der Waals surface area contributed by atoms with Crippen LogP contribution in [0.1, 0.15) is 11.3 Å². The van der Waals surface area contributed by atoms with Gasteiger partial charge in [0.25, 0.3) is 10.0 Å². The third-order valence-corrected chi connectivity index (χ3v) is 6.39. The van der Waals surface area contributed by atoms with Crippen LogP contribution in [-0.4, -0.2) is 31.8 Å². The van der Waals surface area contributed by atoms with Crippen molar-refractivity contribution in [3.05, 3.63) is 71.0 Å². The predicted octanol–water partition coefficient (Wildman–Crippen LogP) is 2.73. The van der Waals surface area contributed by atoms with Gasteiger partial charge in [0.15, 0.2) is 0 Å². The Morgan fingerprint density at radius 1 is 1.17 bits per heavy atom.